The van der Waals surface area contributed by atoms with Crippen molar-refractivity contribution in [2.75, 3.05) is 0 Å². The van der Waals surface area contributed by atoms with Crippen LogP contribution in [0.5, 0.6) is 0 Å². The molecule has 0 radical (unpaired) electrons. The number of nitrogens with zero attached hydrogens (tertiary/aromatic N) is 2. The highest BCUT2D eigenvalue weighted by Gasteiger charge is 2.11. The summed E-state index contributed by atoms with van der Waals surface area (Å²) in [5, 5.41) is 5.19. The van der Waals surface area contributed by atoms with Gasteiger partial charge in [-0.2, -0.15) is 0 Å². The molecule has 2 aromatic heterocycles. The van der Waals surface area contributed by atoms with Gasteiger partial charge < -0.3 is 0 Å². The molecule has 0 N–H and O–H groups in total. The third-order valence-electron chi connectivity index (χ3n) is 4.66. The first-order valence-electron chi connectivity index (χ1n) is 8.44. The van der Waals surface area contributed by atoms with Gasteiger partial charge in [0.2, 0.25) is 0 Å². The highest BCUT2D eigenvalue weighted by molar-refractivity contribution is 6.00. The number of pyridine rings is 2. The second-order valence-electron chi connectivity index (χ2n) is 5.81. The maximum Gasteiger partial charge on any atom is 0.0439 e. The first-order valence-corrected chi connectivity index (χ1v) is 8.44. The Morgan fingerprint density at radius 3 is 1.45 bits per heavy atom. The fourth-order valence-corrected chi connectivity index (χ4v) is 3.53. The molecular weight excluding hydrogens is 268 g/mol. The zero-order chi connectivity index (χ0) is 15.7. The van der Waals surface area contributed by atoms with Crippen molar-refractivity contribution < 1.29 is 0 Å². The molecule has 0 aliphatic rings. The van der Waals surface area contributed by atoms with Crippen molar-refractivity contribution in [3.8, 4) is 0 Å². The lowest BCUT2D eigenvalue weighted by molar-refractivity contribution is 0.975. The summed E-state index contributed by atoms with van der Waals surface area (Å²) < 4.78 is 0. The highest BCUT2D eigenvalue weighted by Crippen LogP contribution is 2.30. The predicted molar refractivity (Wildman–Crippen MR) is 94.6 cm³/mol. The smallest absolute Gasteiger partial charge is 0.0439 e. The van der Waals surface area contributed by atoms with Crippen molar-refractivity contribution in [2.45, 2.75) is 53.4 Å². The average Bonchev–Trinajstić information content (AvgIpc) is 2.57. The van der Waals surface area contributed by atoms with Crippen molar-refractivity contribution in [3.63, 3.8) is 0 Å². The van der Waals surface area contributed by atoms with Crippen LogP contribution < -0.4 is 0 Å². The normalized spacial score (nSPS) is 11.5. The van der Waals surface area contributed by atoms with Crippen LogP contribution in [0.25, 0.3) is 21.5 Å². The number of hydrogen-bond acceptors (Lipinski definition) is 2. The van der Waals surface area contributed by atoms with E-state index in [0.29, 0.717) is 0 Å². The molecule has 3 aromatic rings. The van der Waals surface area contributed by atoms with Crippen LogP contribution in [0.2, 0.25) is 0 Å². The summed E-state index contributed by atoms with van der Waals surface area (Å²) in [5.74, 6) is 0. The molecular formula is C20H24N2. The van der Waals surface area contributed by atoms with E-state index < -0.39 is 0 Å². The molecule has 3 rings (SSSR count). The minimum Gasteiger partial charge on any atom is -0.260 e. The lowest BCUT2D eigenvalue weighted by Gasteiger charge is -2.14. The molecule has 0 unspecified atom stereocenters. The van der Waals surface area contributed by atoms with Gasteiger partial charge in [0.1, 0.15) is 0 Å². The maximum atomic E-state index is 4.66. The lowest BCUT2D eigenvalue weighted by Crippen LogP contribution is -1.99. The maximum absolute atomic E-state index is 4.66. The predicted octanol–water partition coefficient (Wildman–Crippen LogP) is 5.03. The Labute approximate surface area is 132 Å². The number of rotatable bonds is 4. The van der Waals surface area contributed by atoms with E-state index in [1.54, 1.807) is 0 Å². The standard InChI is InChI=1S/C20H24N2/c1-5-15-17-10-18-14(9-13(17)11-21-19(15)7-3)12-22-20(8-4)16(18)6-2/h9-12H,5-8H2,1-4H3. The Kier molecular flexibility index (Phi) is 4.10. The quantitative estimate of drug-likeness (QED) is 0.630. The molecule has 0 fully saturated rings. The molecule has 2 nitrogen and oxygen atoms in total. The first-order chi connectivity index (χ1) is 10.7. The summed E-state index contributed by atoms with van der Waals surface area (Å²) in [7, 11) is 0. The van der Waals surface area contributed by atoms with Gasteiger partial charge in [-0.15, -0.1) is 0 Å². The first kappa shape index (κ1) is 15.0. The molecule has 0 bridgehead atoms. The summed E-state index contributed by atoms with van der Waals surface area (Å²) in [6.07, 6.45) is 8.10. The van der Waals surface area contributed by atoms with Crippen molar-refractivity contribution in [1.29, 1.82) is 0 Å². The molecule has 0 saturated carbocycles. The zero-order valence-electron chi connectivity index (χ0n) is 14.0. The molecule has 2 heterocycles. The minimum atomic E-state index is 0.994. The van der Waals surface area contributed by atoms with Gasteiger partial charge in [0.05, 0.1) is 0 Å². The Morgan fingerprint density at radius 1 is 0.636 bits per heavy atom. The number of benzene rings is 1. The number of fused-ring (bicyclic) bond motifs is 2. The molecule has 0 aliphatic heterocycles. The summed E-state index contributed by atoms with van der Waals surface area (Å²) in [6.45, 7) is 8.82. The summed E-state index contributed by atoms with van der Waals surface area (Å²) in [5.41, 5.74) is 5.27. The largest absolute Gasteiger partial charge is 0.260 e. The number of hydrogen-bond donors (Lipinski definition) is 0. The molecule has 0 amide bonds. The number of aromatic nitrogens is 2. The van der Waals surface area contributed by atoms with Crippen LogP contribution in [-0.4, -0.2) is 9.97 Å². The van der Waals surface area contributed by atoms with Crippen LogP contribution >= 0.6 is 0 Å². The van der Waals surface area contributed by atoms with Gasteiger partial charge in [-0.05, 0) is 59.7 Å². The van der Waals surface area contributed by atoms with E-state index in [1.807, 2.05) is 12.4 Å². The fraction of sp³-hybridized carbons (Fsp3) is 0.400. The van der Waals surface area contributed by atoms with Gasteiger partial charge in [0, 0.05) is 34.6 Å². The van der Waals surface area contributed by atoms with Crippen molar-refractivity contribution >= 4 is 21.5 Å². The van der Waals surface area contributed by atoms with Crippen LogP contribution in [0.1, 0.15) is 50.2 Å². The lowest BCUT2D eigenvalue weighted by atomic mass is 9.94. The van der Waals surface area contributed by atoms with E-state index in [9.17, 15) is 0 Å². The molecule has 0 spiro atoms. The fourth-order valence-electron chi connectivity index (χ4n) is 3.53. The Balaban J connectivity index is 2.42. The monoisotopic (exact) mass is 292 g/mol. The van der Waals surface area contributed by atoms with E-state index >= 15 is 0 Å². The third kappa shape index (κ3) is 2.27. The Bertz CT molecular complexity index is 767. The molecule has 0 saturated heterocycles. The van der Waals surface area contributed by atoms with Crippen molar-refractivity contribution in [3.05, 3.63) is 47.0 Å². The summed E-state index contributed by atoms with van der Waals surface area (Å²) in [4.78, 5) is 9.32. The number of aryl methyl sites for hydroxylation is 4. The summed E-state index contributed by atoms with van der Waals surface area (Å²) in [6, 6.07) is 4.63. The van der Waals surface area contributed by atoms with E-state index in [2.05, 4.69) is 49.8 Å². The van der Waals surface area contributed by atoms with Crippen LogP contribution in [0.15, 0.2) is 24.5 Å². The molecule has 22 heavy (non-hydrogen) atoms. The van der Waals surface area contributed by atoms with Gasteiger partial charge in [-0.3, -0.25) is 9.97 Å². The summed E-state index contributed by atoms with van der Waals surface area (Å²) >= 11 is 0. The molecule has 2 heteroatoms. The average molecular weight is 292 g/mol. The van der Waals surface area contributed by atoms with Gasteiger partial charge in [0.25, 0.3) is 0 Å². The minimum absolute atomic E-state index is 0.994. The second kappa shape index (κ2) is 6.04. The molecule has 114 valence electrons. The molecule has 0 aliphatic carbocycles. The van der Waals surface area contributed by atoms with Crippen LogP contribution in [0.3, 0.4) is 0 Å². The van der Waals surface area contributed by atoms with E-state index in [0.717, 1.165) is 25.7 Å². The SMILES string of the molecule is CCc1ncc2cc3cnc(CC)c(CC)c3cc2c1CC. The van der Waals surface area contributed by atoms with E-state index in [4.69, 9.17) is 0 Å². The van der Waals surface area contributed by atoms with Crippen LogP contribution in [0.4, 0.5) is 0 Å². The van der Waals surface area contributed by atoms with E-state index in [-0.39, 0.29) is 0 Å². The second-order valence-corrected chi connectivity index (χ2v) is 5.81. The van der Waals surface area contributed by atoms with Gasteiger partial charge in [-0.25, -0.2) is 0 Å². The van der Waals surface area contributed by atoms with Gasteiger partial charge in [0.15, 0.2) is 0 Å². The topological polar surface area (TPSA) is 25.8 Å². The van der Waals surface area contributed by atoms with E-state index in [1.165, 1.54) is 44.1 Å². The van der Waals surface area contributed by atoms with Crippen LogP contribution in [-0.2, 0) is 25.7 Å². The Morgan fingerprint density at radius 2 is 1.09 bits per heavy atom. The third-order valence-corrected chi connectivity index (χ3v) is 4.66. The van der Waals surface area contributed by atoms with Gasteiger partial charge >= 0.3 is 0 Å². The van der Waals surface area contributed by atoms with Crippen molar-refractivity contribution in [2.24, 2.45) is 0 Å². The highest BCUT2D eigenvalue weighted by atomic mass is 14.7. The zero-order valence-corrected chi connectivity index (χ0v) is 14.0. The van der Waals surface area contributed by atoms with Gasteiger partial charge in [-0.1, -0.05) is 27.7 Å². The van der Waals surface area contributed by atoms with Crippen molar-refractivity contribution in [1.82, 2.24) is 9.97 Å². The Hall–Kier alpha value is -1.96. The molecule has 1 aromatic carbocycles. The molecule has 0 atom stereocenters. The van der Waals surface area contributed by atoms with Crippen LogP contribution in [0, 0.1) is 0 Å².